The first kappa shape index (κ1) is 12.2. The van der Waals surface area contributed by atoms with Crippen molar-refractivity contribution in [2.75, 3.05) is 13.1 Å². The smallest absolute Gasteiger partial charge is 0.337 e. The van der Waals surface area contributed by atoms with Gasteiger partial charge in [-0.3, -0.25) is 9.69 Å². The average molecular weight is 250 g/mol. The average Bonchev–Trinajstić information content (AvgIpc) is 2.26. The molecule has 4 nitrogen and oxygen atoms in total. The molecule has 1 heterocycles. The van der Waals surface area contributed by atoms with Crippen molar-refractivity contribution in [3.63, 3.8) is 0 Å². The SMILES string of the molecule is O=C1CC2(CCC2)CNC(=O)N1CC(F)(F)F. The fraction of sp³-hybridized carbons (Fsp3) is 0.800. The van der Waals surface area contributed by atoms with Crippen LogP contribution < -0.4 is 5.32 Å². The number of nitrogens with zero attached hydrogens (tertiary/aromatic N) is 1. The molecule has 0 aromatic heterocycles. The van der Waals surface area contributed by atoms with Gasteiger partial charge in [-0.2, -0.15) is 13.2 Å². The van der Waals surface area contributed by atoms with Gasteiger partial charge in [-0.15, -0.1) is 0 Å². The number of carbonyl (C=O) groups excluding carboxylic acids is 2. The zero-order chi connectivity index (χ0) is 12.7. The highest BCUT2D eigenvalue weighted by molar-refractivity contribution is 5.95. The number of amides is 3. The predicted molar refractivity (Wildman–Crippen MR) is 52.1 cm³/mol. The number of imide groups is 1. The van der Waals surface area contributed by atoms with Crippen molar-refractivity contribution in [2.45, 2.75) is 31.9 Å². The zero-order valence-corrected chi connectivity index (χ0v) is 9.14. The highest BCUT2D eigenvalue weighted by Crippen LogP contribution is 2.44. The van der Waals surface area contributed by atoms with E-state index >= 15 is 0 Å². The van der Waals surface area contributed by atoms with Gasteiger partial charge in [-0.05, 0) is 18.3 Å². The summed E-state index contributed by atoms with van der Waals surface area (Å²) in [6.45, 7) is -1.21. The first-order valence-corrected chi connectivity index (χ1v) is 5.46. The van der Waals surface area contributed by atoms with Gasteiger partial charge in [-0.25, -0.2) is 4.79 Å². The molecule has 1 N–H and O–H groups in total. The lowest BCUT2D eigenvalue weighted by atomic mass is 9.66. The highest BCUT2D eigenvalue weighted by Gasteiger charge is 2.46. The van der Waals surface area contributed by atoms with Crippen LogP contribution in [0, 0.1) is 5.41 Å². The summed E-state index contributed by atoms with van der Waals surface area (Å²) in [5, 5.41) is 2.41. The van der Waals surface area contributed by atoms with Crippen molar-refractivity contribution in [1.29, 1.82) is 0 Å². The molecular weight excluding hydrogens is 237 g/mol. The van der Waals surface area contributed by atoms with Gasteiger partial charge in [-0.1, -0.05) is 6.42 Å². The van der Waals surface area contributed by atoms with Gasteiger partial charge in [0.25, 0.3) is 0 Å². The molecule has 0 unspecified atom stereocenters. The summed E-state index contributed by atoms with van der Waals surface area (Å²) in [4.78, 5) is 23.4. The molecule has 2 rings (SSSR count). The molecule has 1 saturated heterocycles. The van der Waals surface area contributed by atoms with Crippen LogP contribution in [0.15, 0.2) is 0 Å². The molecule has 0 atom stereocenters. The summed E-state index contributed by atoms with van der Waals surface area (Å²) in [5.74, 6) is -0.725. The van der Waals surface area contributed by atoms with Gasteiger partial charge in [0.15, 0.2) is 0 Å². The Morgan fingerprint density at radius 2 is 1.94 bits per heavy atom. The number of alkyl halides is 3. The van der Waals surface area contributed by atoms with Crippen molar-refractivity contribution in [1.82, 2.24) is 10.2 Å². The van der Waals surface area contributed by atoms with Crippen molar-refractivity contribution >= 4 is 11.9 Å². The van der Waals surface area contributed by atoms with Crippen LogP contribution in [0.5, 0.6) is 0 Å². The fourth-order valence-corrected chi connectivity index (χ4v) is 2.32. The van der Waals surface area contributed by atoms with Gasteiger partial charge in [0.1, 0.15) is 6.54 Å². The van der Waals surface area contributed by atoms with Crippen LogP contribution in [0.1, 0.15) is 25.7 Å². The van der Waals surface area contributed by atoms with Gasteiger partial charge in [0, 0.05) is 13.0 Å². The second-order valence-electron chi connectivity index (χ2n) is 4.78. The largest absolute Gasteiger partial charge is 0.406 e. The summed E-state index contributed by atoms with van der Waals surface area (Å²) in [6.07, 6.45) is -1.98. The minimum absolute atomic E-state index is 0.0296. The van der Waals surface area contributed by atoms with Crippen molar-refractivity contribution < 1.29 is 22.8 Å². The van der Waals surface area contributed by atoms with E-state index in [0.29, 0.717) is 6.54 Å². The second kappa shape index (κ2) is 3.89. The van der Waals surface area contributed by atoms with Crippen molar-refractivity contribution in [2.24, 2.45) is 5.41 Å². The van der Waals surface area contributed by atoms with E-state index in [-0.39, 0.29) is 16.7 Å². The van der Waals surface area contributed by atoms with Crippen LogP contribution in [0.25, 0.3) is 0 Å². The summed E-state index contributed by atoms with van der Waals surface area (Å²) >= 11 is 0. The summed E-state index contributed by atoms with van der Waals surface area (Å²) in [7, 11) is 0. The highest BCUT2D eigenvalue weighted by atomic mass is 19.4. The Labute approximate surface area is 96.1 Å². The van der Waals surface area contributed by atoms with Crippen molar-refractivity contribution in [3.05, 3.63) is 0 Å². The maximum absolute atomic E-state index is 12.2. The van der Waals surface area contributed by atoms with E-state index < -0.39 is 24.7 Å². The van der Waals surface area contributed by atoms with E-state index in [2.05, 4.69) is 5.32 Å². The first-order chi connectivity index (χ1) is 7.81. The van der Waals surface area contributed by atoms with Crippen LogP contribution in [0.4, 0.5) is 18.0 Å². The van der Waals surface area contributed by atoms with Crippen molar-refractivity contribution in [3.8, 4) is 0 Å². The Bertz CT molecular complexity index is 350. The number of rotatable bonds is 1. The number of carbonyl (C=O) groups is 2. The van der Waals surface area contributed by atoms with Crippen LogP contribution in [0.2, 0.25) is 0 Å². The number of urea groups is 1. The number of halogens is 3. The van der Waals surface area contributed by atoms with E-state index in [9.17, 15) is 22.8 Å². The third-order valence-electron chi connectivity index (χ3n) is 3.44. The monoisotopic (exact) mass is 250 g/mol. The Balaban J connectivity index is 2.11. The number of hydrogen-bond acceptors (Lipinski definition) is 2. The molecule has 2 fully saturated rings. The third kappa shape index (κ3) is 2.53. The maximum atomic E-state index is 12.2. The van der Waals surface area contributed by atoms with Gasteiger partial charge >= 0.3 is 12.2 Å². The zero-order valence-electron chi connectivity index (χ0n) is 9.14. The Kier molecular flexibility index (Phi) is 2.79. The lowest BCUT2D eigenvalue weighted by molar-refractivity contribution is -0.156. The van der Waals surface area contributed by atoms with Crippen LogP contribution >= 0.6 is 0 Å². The Morgan fingerprint density at radius 3 is 2.41 bits per heavy atom. The number of nitrogens with one attached hydrogen (secondary N) is 1. The summed E-state index contributed by atoms with van der Waals surface area (Å²) < 4.78 is 36.7. The van der Waals surface area contributed by atoms with Gasteiger partial charge < -0.3 is 5.32 Å². The number of hydrogen-bond donors (Lipinski definition) is 1. The molecule has 1 saturated carbocycles. The van der Waals surface area contributed by atoms with Crippen LogP contribution in [-0.2, 0) is 4.79 Å². The van der Waals surface area contributed by atoms with Crippen LogP contribution in [0.3, 0.4) is 0 Å². The lowest BCUT2D eigenvalue weighted by Gasteiger charge is -2.39. The standard InChI is InChI=1S/C10H13F3N2O2/c11-10(12,13)6-15-7(16)4-9(2-1-3-9)5-14-8(15)17/h1-6H2,(H,14,17). The molecule has 2 aliphatic rings. The summed E-state index contributed by atoms with van der Waals surface area (Å²) in [5.41, 5.74) is -0.299. The lowest BCUT2D eigenvalue weighted by Crippen LogP contribution is -2.46. The third-order valence-corrected chi connectivity index (χ3v) is 3.44. The molecule has 0 aromatic rings. The topological polar surface area (TPSA) is 49.4 Å². The Hall–Kier alpha value is -1.27. The summed E-state index contributed by atoms with van der Waals surface area (Å²) in [6, 6.07) is -0.934. The molecule has 0 bridgehead atoms. The normalized spacial score (nSPS) is 24.3. The molecule has 1 aliphatic carbocycles. The van der Waals surface area contributed by atoms with Gasteiger partial charge in [0.2, 0.25) is 5.91 Å². The molecule has 96 valence electrons. The molecule has 1 spiro atoms. The van der Waals surface area contributed by atoms with E-state index in [0.717, 1.165) is 19.3 Å². The minimum Gasteiger partial charge on any atom is -0.337 e. The first-order valence-electron chi connectivity index (χ1n) is 5.46. The quantitative estimate of drug-likeness (QED) is 0.769. The molecule has 1 aliphatic heterocycles. The molecular formula is C10H13F3N2O2. The predicted octanol–water partition coefficient (Wildman–Crippen LogP) is 1.66. The fourth-order valence-electron chi connectivity index (χ4n) is 2.32. The Morgan fingerprint density at radius 1 is 1.29 bits per heavy atom. The minimum atomic E-state index is -4.55. The van der Waals surface area contributed by atoms with E-state index in [4.69, 9.17) is 0 Å². The van der Waals surface area contributed by atoms with E-state index in [1.54, 1.807) is 0 Å². The van der Waals surface area contributed by atoms with E-state index in [1.165, 1.54) is 0 Å². The molecule has 7 heteroatoms. The molecule has 0 radical (unpaired) electrons. The van der Waals surface area contributed by atoms with E-state index in [1.807, 2.05) is 0 Å². The molecule has 0 aromatic carbocycles. The molecule has 3 amide bonds. The molecule has 17 heavy (non-hydrogen) atoms. The van der Waals surface area contributed by atoms with Crippen LogP contribution in [-0.4, -0.2) is 36.1 Å². The maximum Gasteiger partial charge on any atom is 0.406 e. The second-order valence-corrected chi connectivity index (χ2v) is 4.78. The van der Waals surface area contributed by atoms with Gasteiger partial charge in [0.05, 0.1) is 0 Å².